The minimum Gasteiger partial charge on any atom is -0.494 e. The fraction of sp³-hybridized carbons (Fsp3) is 0.176. The van der Waals surface area contributed by atoms with E-state index in [4.69, 9.17) is 4.74 Å². The van der Waals surface area contributed by atoms with Gasteiger partial charge in [-0.05, 0) is 29.7 Å². The number of rotatable bonds is 5. The molecule has 2 aromatic rings. The van der Waals surface area contributed by atoms with E-state index in [-0.39, 0.29) is 0 Å². The molecular weight excluding hydrogens is 300 g/mol. The molecule has 0 radical (unpaired) electrons. The van der Waals surface area contributed by atoms with Crippen LogP contribution in [0, 0.1) is 0 Å². The van der Waals surface area contributed by atoms with Crippen LogP contribution in [-0.4, -0.2) is 0 Å². The largest absolute Gasteiger partial charge is 0.494 e. The van der Waals surface area contributed by atoms with Crippen LogP contribution in [0.25, 0.3) is 6.08 Å². The van der Waals surface area contributed by atoms with Crippen molar-refractivity contribution in [2.24, 2.45) is 0 Å². The SMILES string of the molecule is C/C(=C\c1ccc(CBr)cc1)OCc1ccccc1. The Labute approximate surface area is 123 Å². The highest BCUT2D eigenvalue weighted by Gasteiger charge is 1.95. The van der Waals surface area contributed by atoms with E-state index in [1.54, 1.807) is 0 Å². The quantitative estimate of drug-likeness (QED) is 0.547. The molecule has 0 atom stereocenters. The lowest BCUT2D eigenvalue weighted by atomic mass is 10.1. The molecular formula is C17H17BrO. The van der Waals surface area contributed by atoms with Gasteiger partial charge >= 0.3 is 0 Å². The second-order valence-corrected chi connectivity index (χ2v) is 4.97. The van der Waals surface area contributed by atoms with E-state index < -0.39 is 0 Å². The molecule has 2 rings (SSSR count). The Hall–Kier alpha value is -1.54. The first-order valence-corrected chi connectivity index (χ1v) is 7.40. The molecule has 1 nitrogen and oxygen atoms in total. The fourth-order valence-electron chi connectivity index (χ4n) is 1.75. The van der Waals surface area contributed by atoms with Gasteiger partial charge in [-0.15, -0.1) is 0 Å². The Balaban J connectivity index is 1.94. The summed E-state index contributed by atoms with van der Waals surface area (Å²) in [5.41, 5.74) is 3.63. The molecule has 0 aliphatic rings. The standard InChI is InChI=1S/C17H17BrO/c1-14(19-13-17-5-3-2-4-6-17)11-15-7-9-16(12-18)10-8-15/h2-11H,12-13H2,1H3/b14-11+. The van der Waals surface area contributed by atoms with Crippen molar-refractivity contribution in [3.05, 3.63) is 77.0 Å². The summed E-state index contributed by atoms with van der Waals surface area (Å²) in [4.78, 5) is 0. The van der Waals surface area contributed by atoms with E-state index in [1.165, 1.54) is 11.1 Å². The molecule has 0 unspecified atom stereocenters. The second kappa shape index (κ2) is 7.15. The molecule has 0 N–H and O–H groups in total. The topological polar surface area (TPSA) is 9.23 Å². The Morgan fingerprint density at radius 1 is 1.00 bits per heavy atom. The lowest BCUT2D eigenvalue weighted by Crippen LogP contribution is -1.90. The van der Waals surface area contributed by atoms with E-state index >= 15 is 0 Å². The van der Waals surface area contributed by atoms with E-state index in [0.717, 1.165) is 16.7 Å². The number of halogens is 1. The zero-order valence-electron chi connectivity index (χ0n) is 11.0. The predicted octanol–water partition coefficient (Wildman–Crippen LogP) is 5.16. The van der Waals surface area contributed by atoms with Crippen molar-refractivity contribution in [3.63, 3.8) is 0 Å². The molecule has 0 saturated heterocycles. The Morgan fingerprint density at radius 3 is 2.32 bits per heavy atom. The predicted molar refractivity (Wildman–Crippen MR) is 84.0 cm³/mol. The maximum Gasteiger partial charge on any atom is 0.113 e. The van der Waals surface area contributed by atoms with Crippen LogP contribution in [0.15, 0.2) is 60.4 Å². The number of ether oxygens (including phenoxy) is 1. The first-order valence-electron chi connectivity index (χ1n) is 6.28. The minimum absolute atomic E-state index is 0.614. The van der Waals surface area contributed by atoms with Gasteiger partial charge in [0.15, 0.2) is 0 Å². The van der Waals surface area contributed by atoms with Crippen molar-refractivity contribution in [3.8, 4) is 0 Å². The molecule has 2 aromatic carbocycles. The van der Waals surface area contributed by atoms with Gasteiger partial charge in [-0.25, -0.2) is 0 Å². The van der Waals surface area contributed by atoms with E-state index in [9.17, 15) is 0 Å². The maximum absolute atomic E-state index is 5.74. The number of hydrogen-bond donors (Lipinski definition) is 0. The molecule has 2 heteroatoms. The molecule has 0 amide bonds. The first-order chi connectivity index (χ1) is 9.28. The summed E-state index contributed by atoms with van der Waals surface area (Å²) in [5, 5.41) is 0.889. The molecule has 0 aromatic heterocycles. The van der Waals surface area contributed by atoms with Crippen LogP contribution >= 0.6 is 15.9 Å². The highest BCUT2D eigenvalue weighted by molar-refractivity contribution is 9.08. The summed E-state index contributed by atoms with van der Waals surface area (Å²) < 4.78 is 5.74. The molecule has 0 bridgehead atoms. The molecule has 0 saturated carbocycles. The van der Waals surface area contributed by atoms with E-state index in [0.29, 0.717) is 6.61 Å². The third kappa shape index (κ3) is 4.56. The zero-order valence-corrected chi connectivity index (χ0v) is 12.6. The third-order valence-corrected chi connectivity index (χ3v) is 3.46. The molecule has 0 fully saturated rings. The zero-order chi connectivity index (χ0) is 13.5. The van der Waals surface area contributed by atoms with E-state index in [2.05, 4.69) is 58.4 Å². The lowest BCUT2D eigenvalue weighted by molar-refractivity contribution is 0.204. The van der Waals surface area contributed by atoms with Gasteiger partial charge in [0, 0.05) is 5.33 Å². The van der Waals surface area contributed by atoms with Gasteiger partial charge < -0.3 is 4.74 Å². The molecule has 0 aliphatic carbocycles. The third-order valence-electron chi connectivity index (χ3n) is 2.81. The van der Waals surface area contributed by atoms with Gasteiger partial charge in [0.1, 0.15) is 6.61 Å². The van der Waals surface area contributed by atoms with Crippen LogP contribution in [0.1, 0.15) is 23.6 Å². The number of benzene rings is 2. The summed E-state index contributed by atoms with van der Waals surface area (Å²) in [5.74, 6) is 0.926. The van der Waals surface area contributed by atoms with Crippen LogP contribution in [-0.2, 0) is 16.7 Å². The molecule has 98 valence electrons. The fourth-order valence-corrected chi connectivity index (χ4v) is 2.12. The maximum atomic E-state index is 5.74. The van der Waals surface area contributed by atoms with Crippen LogP contribution in [0.3, 0.4) is 0 Å². The van der Waals surface area contributed by atoms with Gasteiger partial charge in [-0.3, -0.25) is 0 Å². The van der Waals surface area contributed by atoms with Crippen molar-refractivity contribution in [2.45, 2.75) is 18.9 Å². The average molecular weight is 317 g/mol. The van der Waals surface area contributed by atoms with Crippen molar-refractivity contribution in [2.75, 3.05) is 0 Å². The minimum atomic E-state index is 0.614. The van der Waals surface area contributed by atoms with Crippen molar-refractivity contribution < 1.29 is 4.74 Å². The van der Waals surface area contributed by atoms with Gasteiger partial charge in [0.25, 0.3) is 0 Å². The smallest absolute Gasteiger partial charge is 0.113 e. The Bertz CT molecular complexity index is 529. The number of alkyl halides is 1. The first kappa shape index (κ1) is 13.9. The van der Waals surface area contributed by atoms with Crippen LogP contribution in [0.2, 0.25) is 0 Å². The molecule has 0 spiro atoms. The summed E-state index contributed by atoms with van der Waals surface area (Å²) in [6, 6.07) is 18.6. The number of allylic oxidation sites excluding steroid dienone is 1. The Morgan fingerprint density at radius 2 is 1.68 bits per heavy atom. The monoisotopic (exact) mass is 316 g/mol. The normalized spacial score (nSPS) is 11.4. The van der Waals surface area contributed by atoms with E-state index in [1.807, 2.05) is 25.1 Å². The molecule has 0 heterocycles. The summed E-state index contributed by atoms with van der Waals surface area (Å²) in [6.07, 6.45) is 2.06. The second-order valence-electron chi connectivity index (χ2n) is 4.40. The van der Waals surface area contributed by atoms with Gasteiger partial charge in [-0.1, -0.05) is 70.5 Å². The van der Waals surface area contributed by atoms with Crippen molar-refractivity contribution >= 4 is 22.0 Å². The van der Waals surface area contributed by atoms with Gasteiger partial charge in [0.2, 0.25) is 0 Å². The highest BCUT2D eigenvalue weighted by Crippen LogP contribution is 2.13. The van der Waals surface area contributed by atoms with Crippen LogP contribution < -0.4 is 0 Å². The van der Waals surface area contributed by atoms with Gasteiger partial charge in [0.05, 0.1) is 5.76 Å². The Kier molecular flexibility index (Phi) is 5.22. The highest BCUT2D eigenvalue weighted by atomic mass is 79.9. The van der Waals surface area contributed by atoms with Crippen LogP contribution in [0.5, 0.6) is 0 Å². The van der Waals surface area contributed by atoms with Gasteiger partial charge in [-0.2, -0.15) is 0 Å². The summed E-state index contributed by atoms with van der Waals surface area (Å²) >= 11 is 3.44. The lowest BCUT2D eigenvalue weighted by Gasteiger charge is -2.06. The van der Waals surface area contributed by atoms with Crippen molar-refractivity contribution in [1.29, 1.82) is 0 Å². The summed E-state index contributed by atoms with van der Waals surface area (Å²) in [7, 11) is 0. The number of hydrogen-bond acceptors (Lipinski definition) is 1. The summed E-state index contributed by atoms with van der Waals surface area (Å²) in [6.45, 7) is 2.60. The van der Waals surface area contributed by atoms with Crippen LogP contribution in [0.4, 0.5) is 0 Å². The molecule has 0 aliphatic heterocycles. The molecule has 19 heavy (non-hydrogen) atoms. The average Bonchev–Trinajstić information content (AvgIpc) is 2.47. The van der Waals surface area contributed by atoms with Crippen molar-refractivity contribution in [1.82, 2.24) is 0 Å².